The average Bonchev–Trinajstić information content (AvgIpc) is 2.44. The van der Waals surface area contributed by atoms with Gasteiger partial charge in [0.2, 0.25) is 0 Å². The predicted molar refractivity (Wildman–Crippen MR) is 95.6 cm³/mol. The van der Waals surface area contributed by atoms with Crippen molar-refractivity contribution in [2.24, 2.45) is 22.7 Å². The minimum absolute atomic E-state index is 0.0907. The van der Waals surface area contributed by atoms with Crippen LogP contribution < -0.4 is 0 Å². The maximum Gasteiger partial charge on any atom is 0.317 e. The first-order valence-corrected chi connectivity index (χ1v) is 8.95. The number of rotatable bonds is 8. The molecule has 0 aliphatic heterocycles. The second-order valence-corrected chi connectivity index (χ2v) is 8.00. The van der Waals surface area contributed by atoms with Crippen molar-refractivity contribution >= 4 is 5.97 Å². The van der Waals surface area contributed by atoms with E-state index in [1.54, 1.807) is 0 Å². The van der Waals surface area contributed by atoms with Crippen LogP contribution in [0, 0.1) is 22.7 Å². The molecule has 1 unspecified atom stereocenters. The van der Waals surface area contributed by atoms with Crippen molar-refractivity contribution in [3.63, 3.8) is 0 Å². The lowest BCUT2D eigenvalue weighted by Gasteiger charge is -2.39. The first-order chi connectivity index (χ1) is 10.0. The van der Waals surface area contributed by atoms with Crippen LogP contribution in [0.1, 0.15) is 88.0 Å². The van der Waals surface area contributed by atoms with Crippen molar-refractivity contribution in [2.45, 2.75) is 88.0 Å². The predicted octanol–water partition coefficient (Wildman–Crippen LogP) is 6.36. The Hall–Kier alpha value is -0.790. The molecule has 0 heterocycles. The third kappa shape index (κ3) is 5.44. The smallest absolute Gasteiger partial charge is 0.317 e. The Labute approximate surface area is 138 Å². The Morgan fingerprint density at radius 2 is 1.55 bits per heavy atom. The Morgan fingerprint density at radius 3 is 1.86 bits per heavy atom. The van der Waals surface area contributed by atoms with E-state index in [2.05, 4.69) is 61.5 Å². The first-order valence-electron chi connectivity index (χ1n) is 8.95. The first kappa shape index (κ1) is 21.2. The summed E-state index contributed by atoms with van der Waals surface area (Å²) in [6.07, 6.45) is 6.25. The van der Waals surface area contributed by atoms with Crippen molar-refractivity contribution in [3.05, 3.63) is 11.8 Å². The van der Waals surface area contributed by atoms with Gasteiger partial charge in [-0.15, -0.1) is 0 Å². The molecule has 0 saturated heterocycles. The zero-order valence-electron chi connectivity index (χ0n) is 16.4. The number of esters is 1. The van der Waals surface area contributed by atoms with Crippen molar-refractivity contribution < 1.29 is 9.53 Å². The Bertz CT molecular complexity index is 370. The average molecular weight is 311 g/mol. The normalized spacial score (nSPS) is 16.0. The molecule has 0 aliphatic carbocycles. The van der Waals surface area contributed by atoms with Crippen LogP contribution in [0.5, 0.6) is 0 Å². The van der Waals surface area contributed by atoms with Crippen LogP contribution in [0.15, 0.2) is 11.8 Å². The largest absolute Gasteiger partial charge is 0.431 e. The van der Waals surface area contributed by atoms with E-state index < -0.39 is 5.41 Å². The summed E-state index contributed by atoms with van der Waals surface area (Å²) >= 11 is 0. The van der Waals surface area contributed by atoms with Crippen LogP contribution in [0.2, 0.25) is 0 Å². The van der Waals surface area contributed by atoms with E-state index in [0.29, 0.717) is 5.92 Å². The van der Waals surface area contributed by atoms with E-state index in [4.69, 9.17) is 4.74 Å². The van der Waals surface area contributed by atoms with Crippen molar-refractivity contribution in [1.29, 1.82) is 0 Å². The van der Waals surface area contributed by atoms with Gasteiger partial charge in [-0.25, -0.2) is 0 Å². The number of hydrogen-bond acceptors (Lipinski definition) is 2. The van der Waals surface area contributed by atoms with Crippen molar-refractivity contribution in [1.82, 2.24) is 0 Å². The lowest BCUT2D eigenvalue weighted by molar-refractivity contribution is -0.158. The van der Waals surface area contributed by atoms with Crippen LogP contribution in [-0.2, 0) is 9.53 Å². The molecule has 0 aromatic rings. The third-order valence-corrected chi connectivity index (χ3v) is 5.40. The fourth-order valence-electron chi connectivity index (χ4n) is 2.50. The van der Waals surface area contributed by atoms with Crippen molar-refractivity contribution in [2.75, 3.05) is 0 Å². The van der Waals surface area contributed by atoms with Gasteiger partial charge >= 0.3 is 5.97 Å². The molecule has 0 radical (unpaired) electrons. The molecule has 130 valence electrons. The van der Waals surface area contributed by atoms with Crippen LogP contribution in [0.4, 0.5) is 0 Å². The standard InChI is InChI=1S/C20H38O2/c1-10-16(11-2)13-14-17(15(4)5)22-18(21)20(9,12-3)19(6,7)8/h14-16H,10-13H2,1-9H3/b17-14-. The number of carbonyl (C=O) groups is 1. The van der Waals surface area contributed by atoms with Gasteiger partial charge in [-0.2, -0.15) is 0 Å². The van der Waals surface area contributed by atoms with E-state index in [0.717, 1.165) is 18.6 Å². The Balaban J connectivity index is 5.18. The molecule has 0 aromatic carbocycles. The van der Waals surface area contributed by atoms with Crippen LogP contribution >= 0.6 is 0 Å². The van der Waals surface area contributed by atoms with E-state index in [-0.39, 0.29) is 17.3 Å². The summed E-state index contributed by atoms with van der Waals surface area (Å²) in [7, 11) is 0. The molecule has 0 amide bonds. The highest BCUT2D eigenvalue weighted by atomic mass is 16.5. The van der Waals surface area contributed by atoms with Gasteiger partial charge in [-0.05, 0) is 37.2 Å². The van der Waals surface area contributed by atoms with E-state index in [9.17, 15) is 4.79 Å². The topological polar surface area (TPSA) is 26.3 Å². The molecule has 0 rings (SSSR count). The van der Waals surface area contributed by atoms with Gasteiger partial charge in [-0.1, -0.05) is 68.2 Å². The third-order valence-electron chi connectivity index (χ3n) is 5.40. The molecule has 0 spiro atoms. The van der Waals surface area contributed by atoms with Gasteiger partial charge < -0.3 is 4.74 Å². The summed E-state index contributed by atoms with van der Waals surface area (Å²) < 4.78 is 5.86. The van der Waals surface area contributed by atoms with Gasteiger partial charge in [0, 0.05) is 5.92 Å². The monoisotopic (exact) mass is 310 g/mol. The minimum Gasteiger partial charge on any atom is -0.431 e. The van der Waals surface area contributed by atoms with Gasteiger partial charge in [0.25, 0.3) is 0 Å². The molecule has 1 atom stereocenters. The fraction of sp³-hybridized carbons (Fsp3) is 0.850. The summed E-state index contributed by atoms with van der Waals surface area (Å²) in [6.45, 7) is 19.0. The molecule has 22 heavy (non-hydrogen) atoms. The van der Waals surface area contributed by atoms with Crippen molar-refractivity contribution in [3.8, 4) is 0 Å². The molecule has 2 heteroatoms. The highest BCUT2D eigenvalue weighted by molar-refractivity contribution is 5.78. The summed E-state index contributed by atoms with van der Waals surface area (Å²) in [5.41, 5.74) is -0.577. The van der Waals surface area contributed by atoms with Crippen LogP contribution in [-0.4, -0.2) is 5.97 Å². The number of ether oxygens (including phenoxy) is 1. The Kier molecular flexibility index (Phi) is 8.43. The fourth-order valence-corrected chi connectivity index (χ4v) is 2.50. The zero-order chi connectivity index (χ0) is 17.6. The maximum atomic E-state index is 12.8. The highest BCUT2D eigenvalue weighted by Crippen LogP contribution is 2.43. The quantitative estimate of drug-likeness (QED) is 0.385. The summed E-state index contributed by atoms with van der Waals surface area (Å²) in [5.74, 6) is 1.65. The van der Waals surface area contributed by atoms with Gasteiger partial charge in [-0.3, -0.25) is 4.79 Å². The second-order valence-electron chi connectivity index (χ2n) is 8.00. The van der Waals surface area contributed by atoms with Crippen LogP contribution in [0.3, 0.4) is 0 Å². The molecular formula is C20H38O2. The molecular weight excluding hydrogens is 272 g/mol. The van der Waals surface area contributed by atoms with E-state index in [1.807, 2.05) is 6.92 Å². The summed E-state index contributed by atoms with van der Waals surface area (Å²) in [4.78, 5) is 12.8. The molecule has 0 aliphatic rings. The Morgan fingerprint density at radius 1 is 1.05 bits per heavy atom. The maximum absolute atomic E-state index is 12.8. The summed E-state index contributed by atoms with van der Waals surface area (Å²) in [6, 6.07) is 0. The van der Waals surface area contributed by atoms with E-state index in [1.165, 1.54) is 12.8 Å². The second kappa shape index (κ2) is 8.74. The molecule has 0 saturated carbocycles. The lowest BCUT2D eigenvalue weighted by atomic mass is 9.66. The summed E-state index contributed by atoms with van der Waals surface area (Å²) in [5, 5.41) is 0. The minimum atomic E-state index is -0.462. The van der Waals surface area contributed by atoms with Gasteiger partial charge in [0.15, 0.2) is 0 Å². The molecule has 0 fully saturated rings. The number of carbonyl (C=O) groups excluding carboxylic acids is 1. The highest BCUT2D eigenvalue weighted by Gasteiger charge is 2.44. The number of allylic oxidation sites excluding steroid dienone is 2. The number of hydrogen-bond donors (Lipinski definition) is 0. The van der Waals surface area contributed by atoms with E-state index >= 15 is 0 Å². The van der Waals surface area contributed by atoms with Crippen LogP contribution in [0.25, 0.3) is 0 Å². The SMILES string of the molecule is CCC(CC)C/C=C(\OC(=O)C(C)(CC)C(C)(C)C)C(C)C. The molecule has 0 aromatic heterocycles. The molecule has 0 N–H and O–H groups in total. The molecule has 0 bridgehead atoms. The zero-order valence-corrected chi connectivity index (χ0v) is 16.4. The molecule has 2 nitrogen and oxygen atoms in total. The van der Waals surface area contributed by atoms with Gasteiger partial charge in [0.1, 0.15) is 5.76 Å². The van der Waals surface area contributed by atoms with Gasteiger partial charge in [0.05, 0.1) is 5.41 Å². The lowest BCUT2D eigenvalue weighted by Crippen LogP contribution is -2.41.